The van der Waals surface area contributed by atoms with Crippen molar-refractivity contribution in [3.63, 3.8) is 0 Å². The van der Waals surface area contributed by atoms with Crippen LogP contribution in [0.2, 0.25) is 0 Å². The minimum atomic E-state index is -2.99. The van der Waals surface area contributed by atoms with E-state index >= 15 is 0 Å². The fraction of sp³-hybridized carbons (Fsp3) is 1.00. The lowest BCUT2D eigenvalue weighted by Crippen LogP contribution is -2.50. The van der Waals surface area contributed by atoms with Crippen LogP contribution >= 0.6 is 0 Å². The van der Waals surface area contributed by atoms with Gasteiger partial charge in [-0.3, -0.25) is 0 Å². The molecule has 0 amide bonds. The summed E-state index contributed by atoms with van der Waals surface area (Å²) in [4.78, 5) is 0. The molecule has 2 unspecified atom stereocenters. The molecule has 0 saturated heterocycles. The monoisotopic (exact) mass is 303 g/mol. The SMILES string of the molecule is CCCNC1CCC(C)(C)CC1S(=O)(=O)CCC(C)C. The van der Waals surface area contributed by atoms with E-state index in [1.165, 1.54) is 0 Å². The van der Waals surface area contributed by atoms with Crippen LogP contribution in [0.3, 0.4) is 0 Å². The number of nitrogens with one attached hydrogen (secondary N) is 1. The maximum absolute atomic E-state index is 12.7. The second kappa shape index (κ2) is 7.26. The maximum Gasteiger partial charge on any atom is 0.154 e. The molecule has 20 heavy (non-hydrogen) atoms. The highest BCUT2D eigenvalue weighted by Crippen LogP contribution is 2.38. The van der Waals surface area contributed by atoms with Gasteiger partial charge in [0.1, 0.15) is 0 Å². The predicted octanol–water partition coefficient (Wildman–Crippen LogP) is 3.39. The van der Waals surface area contributed by atoms with Gasteiger partial charge >= 0.3 is 0 Å². The van der Waals surface area contributed by atoms with Crippen LogP contribution in [0.4, 0.5) is 0 Å². The van der Waals surface area contributed by atoms with Crippen LogP contribution in [-0.4, -0.2) is 32.0 Å². The zero-order chi connectivity index (χ0) is 15.4. The molecule has 0 aromatic carbocycles. The molecular formula is C16H33NO2S. The van der Waals surface area contributed by atoms with Crippen molar-refractivity contribution in [2.75, 3.05) is 12.3 Å². The summed E-state index contributed by atoms with van der Waals surface area (Å²) >= 11 is 0. The van der Waals surface area contributed by atoms with Crippen LogP contribution in [0.5, 0.6) is 0 Å². The Morgan fingerprint density at radius 2 is 1.95 bits per heavy atom. The van der Waals surface area contributed by atoms with Crippen LogP contribution in [0.25, 0.3) is 0 Å². The maximum atomic E-state index is 12.7. The molecule has 0 aromatic rings. The molecule has 0 aromatic heterocycles. The molecule has 0 spiro atoms. The molecular weight excluding hydrogens is 270 g/mol. The summed E-state index contributed by atoms with van der Waals surface area (Å²) in [5, 5.41) is 3.28. The summed E-state index contributed by atoms with van der Waals surface area (Å²) in [5.41, 5.74) is 0.153. The van der Waals surface area contributed by atoms with Crippen molar-refractivity contribution < 1.29 is 8.42 Å². The first-order valence-electron chi connectivity index (χ1n) is 8.13. The lowest BCUT2D eigenvalue weighted by atomic mass is 9.75. The largest absolute Gasteiger partial charge is 0.313 e. The zero-order valence-corrected chi connectivity index (χ0v) is 14.7. The molecule has 0 aliphatic heterocycles. The minimum Gasteiger partial charge on any atom is -0.313 e. The van der Waals surface area contributed by atoms with Gasteiger partial charge in [-0.05, 0) is 50.0 Å². The van der Waals surface area contributed by atoms with Gasteiger partial charge in [0.15, 0.2) is 9.84 Å². The summed E-state index contributed by atoms with van der Waals surface area (Å²) in [6.07, 6.45) is 4.73. The molecule has 1 N–H and O–H groups in total. The quantitative estimate of drug-likeness (QED) is 0.784. The summed E-state index contributed by atoms with van der Waals surface area (Å²) in [5.74, 6) is 0.791. The third kappa shape index (κ3) is 5.36. The third-order valence-corrected chi connectivity index (χ3v) is 6.65. The number of sulfone groups is 1. The first-order chi connectivity index (χ1) is 9.18. The van der Waals surface area contributed by atoms with Crippen LogP contribution in [-0.2, 0) is 9.84 Å². The highest BCUT2D eigenvalue weighted by Gasteiger charge is 2.41. The number of hydrogen-bond donors (Lipinski definition) is 1. The van der Waals surface area contributed by atoms with Crippen LogP contribution < -0.4 is 5.32 Å². The van der Waals surface area contributed by atoms with E-state index in [9.17, 15) is 8.42 Å². The average molecular weight is 304 g/mol. The molecule has 1 aliphatic rings. The van der Waals surface area contributed by atoms with E-state index in [-0.39, 0.29) is 16.7 Å². The first-order valence-corrected chi connectivity index (χ1v) is 9.84. The summed E-state index contributed by atoms with van der Waals surface area (Å²) in [7, 11) is -2.99. The second-order valence-electron chi connectivity index (χ2n) is 7.56. The molecule has 3 nitrogen and oxygen atoms in total. The Morgan fingerprint density at radius 3 is 2.50 bits per heavy atom. The van der Waals surface area contributed by atoms with Gasteiger partial charge in [0, 0.05) is 6.04 Å². The Labute approximate surface area is 125 Å². The van der Waals surface area contributed by atoms with Crippen LogP contribution in [0.15, 0.2) is 0 Å². The smallest absolute Gasteiger partial charge is 0.154 e. The van der Waals surface area contributed by atoms with Crippen molar-refractivity contribution >= 4 is 9.84 Å². The third-order valence-electron chi connectivity index (χ3n) is 4.43. The predicted molar refractivity (Wildman–Crippen MR) is 86.7 cm³/mol. The molecule has 1 rings (SSSR count). The van der Waals surface area contributed by atoms with Crippen molar-refractivity contribution in [1.29, 1.82) is 0 Å². The summed E-state index contributed by atoms with van der Waals surface area (Å²) in [6, 6.07) is 0.153. The molecule has 2 atom stereocenters. The zero-order valence-electron chi connectivity index (χ0n) is 13.9. The van der Waals surface area contributed by atoms with Crippen molar-refractivity contribution in [1.82, 2.24) is 5.32 Å². The molecule has 120 valence electrons. The molecule has 0 heterocycles. The number of rotatable bonds is 7. The van der Waals surface area contributed by atoms with E-state index in [0.29, 0.717) is 11.7 Å². The van der Waals surface area contributed by atoms with Gasteiger partial charge in [-0.2, -0.15) is 0 Å². The second-order valence-corrected chi connectivity index (χ2v) is 9.90. The summed E-state index contributed by atoms with van der Waals surface area (Å²) in [6.45, 7) is 11.6. The van der Waals surface area contributed by atoms with Crippen molar-refractivity contribution in [3.8, 4) is 0 Å². The van der Waals surface area contributed by atoms with E-state index in [4.69, 9.17) is 0 Å². The van der Waals surface area contributed by atoms with E-state index in [2.05, 4.69) is 39.9 Å². The van der Waals surface area contributed by atoms with Crippen molar-refractivity contribution in [3.05, 3.63) is 0 Å². The van der Waals surface area contributed by atoms with Gasteiger partial charge in [-0.25, -0.2) is 8.42 Å². The Kier molecular flexibility index (Phi) is 6.52. The van der Waals surface area contributed by atoms with E-state index in [0.717, 1.165) is 38.6 Å². The highest BCUT2D eigenvalue weighted by atomic mass is 32.2. The molecule has 1 saturated carbocycles. The lowest BCUT2D eigenvalue weighted by molar-refractivity contribution is 0.209. The molecule has 1 aliphatic carbocycles. The van der Waals surface area contributed by atoms with E-state index < -0.39 is 9.84 Å². The Balaban J connectivity index is 2.81. The standard InChI is InChI=1S/C16H33NO2S/c1-6-10-17-14-7-9-16(4,5)12-15(14)20(18,19)11-8-13(2)3/h13-15,17H,6-12H2,1-5H3. The van der Waals surface area contributed by atoms with Gasteiger partial charge < -0.3 is 5.32 Å². The lowest BCUT2D eigenvalue weighted by Gasteiger charge is -2.40. The molecule has 1 fully saturated rings. The van der Waals surface area contributed by atoms with Gasteiger partial charge in [0.2, 0.25) is 0 Å². The van der Waals surface area contributed by atoms with Crippen molar-refractivity contribution in [2.45, 2.75) is 78.0 Å². The van der Waals surface area contributed by atoms with Gasteiger partial charge in [0.05, 0.1) is 11.0 Å². The highest BCUT2D eigenvalue weighted by molar-refractivity contribution is 7.92. The first kappa shape index (κ1) is 18.0. The Morgan fingerprint density at radius 1 is 1.30 bits per heavy atom. The minimum absolute atomic E-state index is 0.153. The molecule has 0 radical (unpaired) electrons. The topological polar surface area (TPSA) is 46.2 Å². The van der Waals surface area contributed by atoms with Crippen molar-refractivity contribution in [2.24, 2.45) is 11.3 Å². The molecule has 0 bridgehead atoms. The fourth-order valence-corrected chi connectivity index (χ4v) is 5.55. The van der Waals surface area contributed by atoms with Gasteiger partial charge in [0.25, 0.3) is 0 Å². The molecule has 4 heteroatoms. The van der Waals surface area contributed by atoms with Gasteiger partial charge in [-0.1, -0.05) is 34.6 Å². The van der Waals surface area contributed by atoms with Crippen LogP contribution in [0.1, 0.15) is 66.7 Å². The van der Waals surface area contributed by atoms with Gasteiger partial charge in [-0.15, -0.1) is 0 Å². The van der Waals surface area contributed by atoms with E-state index in [1.807, 2.05) is 0 Å². The van der Waals surface area contributed by atoms with Crippen LogP contribution in [0, 0.1) is 11.3 Å². The Bertz CT molecular complexity index is 387. The fourth-order valence-electron chi connectivity index (χ4n) is 3.01. The summed E-state index contributed by atoms with van der Waals surface area (Å²) < 4.78 is 25.4. The van der Waals surface area contributed by atoms with E-state index in [1.54, 1.807) is 0 Å². The normalized spacial score (nSPS) is 26.9. The Hall–Kier alpha value is -0.0900. The number of hydrogen-bond acceptors (Lipinski definition) is 3. The average Bonchev–Trinajstić information content (AvgIpc) is 2.34.